The first kappa shape index (κ1) is 56.4. The van der Waals surface area contributed by atoms with Crippen molar-refractivity contribution < 1.29 is 28.6 Å². The van der Waals surface area contributed by atoms with Crippen LogP contribution in [-0.2, 0) is 28.6 Å². The van der Waals surface area contributed by atoms with Gasteiger partial charge < -0.3 is 14.2 Å². The number of hydrogen-bond donors (Lipinski definition) is 0. The highest BCUT2D eigenvalue weighted by Gasteiger charge is 2.19. The van der Waals surface area contributed by atoms with E-state index in [0.717, 1.165) is 75.5 Å². The molecule has 0 aromatic heterocycles. The highest BCUT2D eigenvalue weighted by atomic mass is 16.6. The number of carbonyl (C=O) groups is 3. The Morgan fingerprint density at radius 3 is 0.741 bits per heavy atom. The van der Waals surface area contributed by atoms with Crippen molar-refractivity contribution in [3.63, 3.8) is 0 Å². The van der Waals surface area contributed by atoms with E-state index in [1.807, 2.05) is 0 Å². The number of carbonyl (C=O) groups excluding carboxylic acids is 3. The molecule has 0 saturated carbocycles. The van der Waals surface area contributed by atoms with Gasteiger partial charge in [-0.3, -0.25) is 14.4 Å². The molecular formula is C52H100O6. The fourth-order valence-electron chi connectivity index (χ4n) is 7.76. The minimum atomic E-state index is -0.762. The van der Waals surface area contributed by atoms with Crippen molar-refractivity contribution in [3.05, 3.63) is 0 Å². The van der Waals surface area contributed by atoms with Gasteiger partial charge in [0.1, 0.15) is 13.2 Å². The number of rotatable bonds is 45. The molecule has 6 nitrogen and oxygen atoms in total. The molecule has 344 valence electrons. The second-order valence-corrected chi connectivity index (χ2v) is 19.2. The number of esters is 3. The summed E-state index contributed by atoms with van der Waals surface area (Å²) in [6, 6.07) is 0. The predicted molar refractivity (Wildman–Crippen MR) is 247 cm³/mol. The maximum Gasteiger partial charge on any atom is 0.306 e. The van der Waals surface area contributed by atoms with Gasteiger partial charge in [-0.15, -0.1) is 0 Å². The third kappa shape index (κ3) is 45.5. The molecule has 0 saturated heterocycles. The molecule has 0 spiro atoms. The van der Waals surface area contributed by atoms with E-state index in [1.54, 1.807) is 0 Å². The van der Waals surface area contributed by atoms with Crippen LogP contribution in [-0.4, -0.2) is 37.2 Å². The van der Waals surface area contributed by atoms with Gasteiger partial charge in [0, 0.05) is 19.3 Å². The van der Waals surface area contributed by atoms with Crippen LogP contribution in [0, 0.1) is 17.8 Å². The van der Waals surface area contributed by atoms with Crippen molar-refractivity contribution in [1.82, 2.24) is 0 Å². The van der Waals surface area contributed by atoms with Gasteiger partial charge in [0.25, 0.3) is 0 Å². The van der Waals surface area contributed by atoms with Crippen molar-refractivity contribution in [1.29, 1.82) is 0 Å². The van der Waals surface area contributed by atoms with E-state index >= 15 is 0 Å². The first-order chi connectivity index (χ1) is 28.1. The second kappa shape index (κ2) is 43.5. The quantitative estimate of drug-likeness (QED) is 0.0346. The molecule has 0 aliphatic rings. The molecule has 0 heterocycles. The van der Waals surface area contributed by atoms with Crippen LogP contribution >= 0.6 is 0 Å². The molecule has 0 radical (unpaired) electrons. The fraction of sp³-hybridized carbons (Fsp3) is 0.942. The SMILES string of the molecule is CC(C)CCCCCCCCCCCCCCCCC(=O)O[C@@H](COC(=O)CCCCCCCCCCCC(C)C)COC(=O)CCCCCCCCCCC(C)C. The van der Waals surface area contributed by atoms with Crippen molar-refractivity contribution in [2.24, 2.45) is 17.8 Å². The summed E-state index contributed by atoms with van der Waals surface area (Å²) in [5.74, 6) is 1.59. The van der Waals surface area contributed by atoms with Crippen LogP contribution in [0.4, 0.5) is 0 Å². The molecule has 0 N–H and O–H groups in total. The molecule has 0 aliphatic heterocycles. The minimum Gasteiger partial charge on any atom is -0.462 e. The Hall–Kier alpha value is -1.59. The molecule has 0 rings (SSSR count). The van der Waals surface area contributed by atoms with Gasteiger partial charge in [-0.2, -0.15) is 0 Å². The second-order valence-electron chi connectivity index (χ2n) is 19.2. The molecule has 0 aromatic rings. The lowest BCUT2D eigenvalue weighted by molar-refractivity contribution is -0.167. The van der Waals surface area contributed by atoms with Gasteiger partial charge in [-0.25, -0.2) is 0 Å². The predicted octanol–water partition coefficient (Wildman–Crippen LogP) is 16.4. The fourth-order valence-corrected chi connectivity index (χ4v) is 7.76. The largest absolute Gasteiger partial charge is 0.462 e. The van der Waals surface area contributed by atoms with E-state index in [1.165, 1.54) is 161 Å². The highest BCUT2D eigenvalue weighted by molar-refractivity contribution is 5.71. The third-order valence-electron chi connectivity index (χ3n) is 11.6. The topological polar surface area (TPSA) is 78.9 Å². The van der Waals surface area contributed by atoms with Crippen LogP contribution in [0.5, 0.6) is 0 Å². The summed E-state index contributed by atoms with van der Waals surface area (Å²) in [7, 11) is 0. The van der Waals surface area contributed by atoms with Gasteiger partial charge >= 0.3 is 17.9 Å². The lowest BCUT2D eigenvalue weighted by Crippen LogP contribution is -2.30. The monoisotopic (exact) mass is 821 g/mol. The number of ether oxygens (including phenoxy) is 3. The summed E-state index contributed by atoms with van der Waals surface area (Å²) < 4.78 is 16.8. The van der Waals surface area contributed by atoms with Crippen LogP contribution < -0.4 is 0 Å². The van der Waals surface area contributed by atoms with Gasteiger partial charge in [0.15, 0.2) is 6.10 Å². The molecule has 0 aliphatic carbocycles. The van der Waals surface area contributed by atoms with E-state index in [0.29, 0.717) is 19.3 Å². The highest BCUT2D eigenvalue weighted by Crippen LogP contribution is 2.17. The van der Waals surface area contributed by atoms with Crippen molar-refractivity contribution >= 4 is 17.9 Å². The summed E-state index contributed by atoms with van der Waals surface area (Å²) in [4.78, 5) is 37.9. The summed E-state index contributed by atoms with van der Waals surface area (Å²) in [5.41, 5.74) is 0. The van der Waals surface area contributed by atoms with E-state index in [-0.39, 0.29) is 31.1 Å². The maximum atomic E-state index is 12.8. The van der Waals surface area contributed by atoms with Gasteiger partial charge in [-0.05, 0) is 37.0 Å². The Morgan fingerprint density at radius 2 is 0.500 bits per heavy atom. The third-order valence-corrected chi connectivity index (χ3v) is 11.6. The zero-order valence-corrected chi connectivity index (χ0v) is 39.8. The van der Waals surface area contributed by atoms with Crippen LogP contribution in [0.15, 0.2) is 0 Å². The van der Waals surface area contributed by atoms with Gasteiger partial charge in [-0.1, -0.05) is 241 Å². The van der Waals surface area contributed by atoms with E-state index in [9.17, 15) is 14.4 Å². The van der Waals surface area contributed by atoms with Crippen LogP contribution in [0.3, 0.4) is 0 Å². The molecular weight excluding hydrogens is 721 g/mol. The van der Waals surface area contributed by atoms with E-state index in [2.05, 4.69) is 41.5 Å². The smallest absolute Gasteiger partial charge is 0.306 e. The normalized spacial score (nSPS) is 12.2. The van der Waals surface area contributed by atoms with Crippen LogP contribution in [0.25, 0.3) is 0 Å². The van der Waals surface area contributed by atoms with E-state index in [4.69, 9.17) is 14.2 Å². The molecule has 0 unspecified atom stereocenters. The Kier molecular flexibility index (Phi) is 42.3. The van der Waals surface area contributed by atoms with Gasteiger partial charge in [0.05, 0.1) is 0 Å². The lowest BCUT2D eigenvalue weighted by atomic mass is 10.0. The van der Waals surface area contributed by atoms with E-state index < -0.39 is 6.10 Å². The Balaban J connectivity index is 4.30. The zero-order valence-electron chi connectivity index (χ0n) is 39.8. The standard InChI is InChI=1S/C52H100O6/c1-46(2)38-32-26-20-14-11-9-7-8-10-12-16-25-31-37-43-52(55)58-49(45-57-51(54)42-36-30-24-19-18-22-28-34-40-48(5)6)44-56-50(53)41-35-29-23-17-13-15-21-27-33-39-47(3)4/h46-49H,7-45H2,1-6H3/t49-/m0/s1. The Morgan fingerprint density at radius 1 is 0.293 bits per heavy atom. The number of unbranched alkanes of at least 4 members (excludes halogenated alkanes) is 28. The maximum absolute atomic E-state index is 12.8. The minimum absolute atomic E-state index is 0.0653. The van der Waals surface area contributed by atoms with Gasteiger partial charge in [0.2, 0.25) is 0 Å². The van der Waals surface area contributed by atoms with Crippen molar-refractivity contribution in [2.45, 2.75) is 285 Å². The summed E-state index contributed by atoms with van der Waals surface area (Å²) in [6.45, 7) is 13.7. The number of hydrogen-bond acceptors (Lipinski definition) is 6. The lowest BCUT2D eigenvalue weighted by Gasteiger charge is -2.18. The molecule has 1 atom stereocenters. The summed E-state index contributed by atoms with van der Waals surface area (Å²) in [5, 5.41) is 0. The Labute approximate surface area is 361 Å². The molecule has 0 fully saturated rings. The molecule has 0 bridgehead atoms. The van der Waals surface area contributed by atoms with Crippen molar-refractivity contribution in [3.8, 4) is 0 Å². The average Bonchev–Trinajstić information content (AvgIpc) is 3.18. The molecule has 6 heteroatoms. The average molecular weight is 821 g/mol. The molecule has 0 aromatic carbocycles. The first-order valence-corrected chi connectivity index (χ1v) is 25.6. The summed E-state index contributed by atoms with van der Waals surface area (Å²) >= 11 is 0. The van der Waals surface area contributed by atoms with Crippen LogP contribution in [0.2, 0.25) is 0 Å². The summed E-state index contributed by atoms with van der Waals surface area (Å²) in [6.07, 6.45) is 42.4. The molecule has 0 amide bonds. The molecule has 58 heavy (non-hydrogen) atoms. The van der Waals surface area contributed by atoms with Crippen molar-refractivity contribution in [2.75, 3.05) is 13.2 Å². The first-order valence-electron chi connectivity index (χ1n) is 25.6. The van der Waals surface area contributed by atoms with Crippen LogP contribution in [0.1, 0.15) is 279 Å². The zero-order chi connectivity index (χ0) is 42.7. The Bertz CT molecular complexity index is 898.